The normalized spacial score (nSPS) is 10.3. The van der Waals surface area contributed by atoms with Crippen LogP contribution in [0.3, 0.4) is 0 Å². The van der Waals surface area contributed by atoms with Crippen molar-refractivity contribution in [3.63, 3.8) is 0 Å². The van der Waals surface area contributed by atoms with Gasteiger partial charge >= 0.3 is 0 Å². The van der Waals surface area contributed by atoms with E-state index in [4.69, 9.17) is 48.1 Å². The van der Waals surface area contributed by atoms with Gasteiger partial charge in [-0.3, -0.25) is 9.59 Å². The standard InChI is InChI=1S/C8H8Cl2O2.2C2H4O2/c9-5-1-2-6(7(10)3-5)8(12)4-11;2*1-2(3)4/h1-3,8,11-12H,4H2;2*1H3,(H,3,4)/t8-;;/m1../s1. The zero-order valence-corrected chi connectivity index (χ0v) is 12.4. The predicted molar refractivity (Wildman–Crippen MR) is 75.1 cm³/mol. The molecule has 0 heterocycles. The van der Waals surface area contributed by atoms with Crippen molar-refractivity contribution >= 4 is 35.1 Å². The molecule has 0 aliphatic heterocycles. The number of carboxylic acids is 2. The Kier molecular flexibility index (Phi) is 12.0. The van der Waals surface area contributed by atoms with E-state index >= 15 is 0 Å². The smallest absolute Gasteiger partial charge is 0.300 e. The summed E-state index contributed by atoms with van der Waals surface area (Å²) in [6.45, 7) is 1.82. The lowest BCUT2D eigenvalue weighted by molar-refractivity contribution is -0.135. The van der Waals surface area contributed by atoms with Crippen LogP contribution >= 0.6 is 23.2 Å². The van der Waals surface area contributed by atoms with Crippen molar-refractivity contribution in [2.45, 2.75) is 20.0 Å². The van der Waals surface area contributed by atoms with Crippen molar-refractivity contribution in [2.75, 3.05) is 6.61 Å². The number of aliphatic hydroxyl groups excluding tert-OH is 2. The van der Waals surface area contributed by atoms with Crippen LogP contribution in [0.25, 0.3) is 0 Å². The number of carbonyl (C=O) groups is 2. The van der Waals surface area contributed by atoms with Crippen molar-refractivity contribution in [1.82, 2.24) is 0 Å². The Balaban J connectivity index is 0. The largest absolute Gasteiger partial charge is 0.481 e. The molecule has 114 valence electrons. The molecular weight excluding hydrogens is 311 g/mol. The Hall–Kier alpha value is -1.34. The maximum absolute atomic E-state index is 9.22. The average molecular weight is 327 g/mol. The van der Waals surface area contributed by atoms with Crippen LogP contribution in [0.15, 0.2) is 18.2 Å². The van der Waals surface area contributed by atoms with Gasteiger partial charge in [0, 0.05) is 29.5 Å². The molecule has 0 saturated carbocycles. The SMILES string of the molecule is CC(=O)O.CC(=O)O.OC[C@@H](O)c1ccc(Cl)cc1Cl. The van der Waals surface area contributed by atoms with Crippen LogP contribution < -0.4 is 0 Å². The molecule has 0 amide bonds. The minimum atomic E-state index is -0.935. The fourth-order valence-corrected chi connectivity index (χ4v) is 1.40. The molecule has 1 rings (SSSR count). The number of hydrogen-bond donors (Lipinski definition) is 4. The Morgan fingerprint density at radius 3 is 1.85 bits per heavy atom. The average Bonchev–Trinajstić information content (AvgIpc) is 2.26. The summed E-state index contributed by atoms with van der Waals surface area (Å²) in [5.41, 5.74) is 0.489. The molecule has 0 spiro atoms. The van der Waals surface area contributed by atoms with E-state index in [2.05, 4.69) is 0 Å². The maximum atomic E-state index is 9.22. The highest BCUT2D eigenvalue weighted by molar-refractivity contribution is 6.35. The van der Waals surface area contributed by atoms with Crippen molar-refractivity contribution in [1.29, 1.82) is 0 Å². The third-order valence-electron chi connectivity index (χ3n) is 1.49. The number of benzene rings is 1. The van der Waals surface area contributed by atoms with E-state index in [0.717, 1.165) is 13.8 Å². The maximum Gasteiger partial charge on any atom is 0.300 e. The van der Waals surface area contributed by atoms with E-state index in [1.54, 1.807) is 12.1 Å². The van der Waals surface area contributed by atoms with E-state index in [0.29, 0.717) is 15.6 Å². The second-order valence-electron chi connectivity index (χ2n) is 3.40. The molecule has 0 aliphatic carbocycles. The molecule has 1 aromatic carbocycles. The summed E-state index contributed by atoms with van der Waals surface area (Å²) in [7, 11) is 0. The fourth-order valence-electron chi connectivity index (χ4n) is 0.870. The highest BCUT2D eigenvalue weighted by Crippen LogP contribution is 2.25. The fraction of sp³-hybridized carbons (Fsp3) is 0.333. The minimum Gasteiger partial charge on any atom is -0.481 e. The first kappa shape index (κ1) is 21.0. The first-order valence-electron chi connectivity index (χ1n) is 5.24. The molecule has 0 aromatic heterocycles. The van der Waals surface area contributed by atoms with Crippen LogP contribution in [0.1, 0.15) is 25.5 Å². The van der Waals surface area contributed by atoms with Gasteiger partial charge in [0.15, 0.2) is 0 Å². The molecule has 0 radical (unpaired) electrons. The third kappa shape index (κ3) is 13.1. The zero-order chi connectivity index (χ0) is 16.3. The Labute approximate surface area is 126 Å². The van der Waals surface area contributed by atoms with Crippen LogP contribution in [0.5, 0.6) is 0 Å². The van der Waals surface area contributed by atoms with Crippen molar-refractivity contribution in [2.24, 2.45) is 0 Å². The minimum absolute atomic E-state index is 0.346. The van der Waals surface area contributed by atoms with Gasteiger partial charge in [-0.25, -0.2) is 0 Å². The van der Waals surface area contributed by atoms with E-state index < -0.39 is 18.0 Å². The van der Waals surface area contributed by atoms with E-state index in [1.165, 1.54) is 6.07 Å². The van der Waals surface area contributed by atoms with Gasteiger partial charge in [-0.1, -0.05) is 29.3 Å². The van der Waals surface area contributed by atoms with Crippen LogP contribution in [0.2, 0.25) is 10.0 Å². The number of aliphatic carboxylic acids is 2. The molecule has 4 N–H and O–H groups in total. The monoisotopic (exact) mass is 326 g/mol. The van der Waals surface area contributed by atoms with Crippen LogP contribution in [0, 0.1) is 0 Å². The summed E-state index contributed by atoms with van der Waals surface area (Å²) in [4.78, 5) is 18.0. The number of rotatable bonds is 2. The summed E-state index contributed by atoms with van der Waals surface area (Å²) < 4.78 is 0. The molecule has 0 aliphatic rings. The molecule has 20 heavy (non-hydrogen) atoms. The molecule has 6 nitrogen and oxygen atoms in total. The Morgan fingerprint density at radius 2 is 1.55 bits per heavy atom. The number of hydrogen-bond acceptors (Lipinski definition) is 4. The van der Waals surface area contributed by atoms with Gasteiger partial charge in [-0.05, 0) is 12.1 Å². The molecule has 0 bridgehead atoms. The molecular formula is C12H16Cl2O6. The molecule has 0 saturated heterocycles. The van der Waals surface area contributed by atoms with Gasteiger partial charge < -0.3 is 20.4 Å². The van der Waals surface area contributed by atoms with Crippen LogP contribution in [-0.4, -0.2) is 39.0 Å². The Bertz CT molecular complexity index is 416. The summed E-state index contributed by atoms with van der Waals surface area (Å²) >= 11 is 11.4. The molecule has 0 fully saturated rings. The number of halogens is 2. The number of carboxylic acid groups (broad SMARTS) is 2. The molecule has 1 atom stereocenters. The van der Waals surface area contributed by atoms with E-state index in [-0.39, 0.29) is 6.61 Å². The second-order valence-corrected chi connectivity index (χ2v) is 4.25. The van der Waals surface area contributed by atoms with Gasteiger partial charge in [0.1, 0.15) is 6.10 Å². The zero-order valence-electron chi connectivity index (χ0n) is 10.9. The second kappa shape index (κ2) is 11.5. The predicted octanol–water partition coefficient (Wildman–Crippen LogP) is 2.20. The molecule has 1 aromatic rings. The topological polar surface area (TPSA) is 115 Å². The lowest BCUT2D eigenvalue weighted by atomic mass is 10.1. The lowest BCUT2D eigenvalue weighted by Crippen LogP contribution is -2.02. The third-order valence-corrected chi connectivity index (χ3v) is 2.06. The summed E-state index contributed by atoms with van der Waals surface area (Å²) in [5, 5.41) is 33.6. The van der Waals surface area contributed by atoms with Crippen molar-refractivity contribution in [3.8, 4) is 0 Å². The molecule has 0 unspecified atom stereocenters. The van der Waals surface area contributed by atoms with Crippen molar-refractivity contribution < 1.29 is 30.0 Å². The van der Waals surface area contributed by atoms with Gasteiger partial charge in [-0.15, -0.1) is 0 Å². The summed E-state index contributed by atoms with van der Waals surface area (Å²) in [5.74, 6) is -1.67. The van der Waals surface area contributed by atoms with Gasteiger partial charge in [0.2, 0.25) is 0 Å². The highest BCUT2D eigenvalue weighted by atomic mass is 35.5. The molecule has 8 heteroatoms. The van der Waals surface area contributed by atoms with Gasteiger partial charge in [0.05, 0.1) is 6.61 Å². The van der Waals surface area contributed by atoms with Gasteiger partial charge in [-0.2, -0.15) is 0 Å². The first-order chi connectivity index (χ1) is 9.11. The Morgan fingerprint density at radius 1 is 1.15 bits per heavy atom. The summed E-state index contributed by atoms with van der Waals surface area (Å²) in [6, 6.07) is 4.73. The van der Waals surface area contributed by atoms with E-state index in [9.17, 15) is 5.11 Å². The quantitative estimate of drug-likeness (QED) is 0.662. The summed E-state index contributed by atoms with van der Waals surface area (Å²) in [6.07, 6.45) is -0.935. The van der Waals surface area contributed by atoms with Crippen molar-refractivity contribution in [3.05, 3.63) is 33.8 Å². The van der Waals surface area contributed by atoms with Gasteiger partial charge in [0.25, 0.3) is 11.9 Å². The lowest BCUT2D eigenvalue weighted by Gasteiger charge is -2.09. The highest BCUT2D eigenvalue weighted by Gasteiger charge is 2.09. The first-order valence-corrected chi connectivity index (χ1v) is 6.00. The van der Waals surface area contributed by atoms with Crippen LogP contribution in [-0.2, 0) is 9.59 Å². The van der Waals surface area contributed by atoms with Crippen LogP contribution in [0.4, 0.5) is 0 Å². The van der Waals surface area contributed by atoms with E-state index in [1.807, 2.05) is 0 Å². The number of aliphatic hydroxyl groups is 2.